The van der Waals surface area contributed by atoms with Crippen LogP contribution in [0, 0.1) is 23.6 Å². The molecule has 1 aliphatic carbocycles. The lowest BCUT2D eigenvalue weighted by Crippen LogP contribution is -2.56. The van der Waals surface area contributed by atoms with Crippen LogP contribution in [-0.2, 0) is 24.0 Å². The molecular formula is C24H30FN5O5. The number of rotatable bonds is 6. The van der Waals surface area contributed by atoms with E-state index in [1.165, 1.54) is 23.1 Å². The van der Waals surface area contributed by atoms with E-state index in [-0.39, 0.29) is 36.4 Å². The summed E-state index contributed by atoms with van der Waals surface area (Å²) in [6.07, 6.45) is 3.82. The number of anilines is 1. The number of nitrogens with two attached hydrogens (primary N) is 1. The highest BCUT2D eigenvalue weighted by Crippen LogP contribution is 2.42. The fraction of sp³-hybridized carbons (Fsp3) is 0.542. The van der Waals surface area contributed by atoms with Gasteiger partial charge in [-0.15, -0.1) is 0 Å². The molecule has 5 atom stereocenters. The summed E-state index contributed by atoms with van der Waals surface area (Å²) in [6.45, 7) is 0.790. The van der Waals surface area contributed by atoms with E-state index in [1.807, 2.05) is 0 Å². The normalized spacial score (nSPS) is 26.4. The van der Waals surface area contributed by atoms with Gasteiger partial charge in [0, 0.05) is 19.0 Å². The van der Waals surface area contributed by atoms with E-state index in [9.17, 15) is 28.4 Å². The van der Waals surface area contributed by atoms with E-state index >= 15 is 0 Å². The van der Waals surface area contributed by atoms with Gasteiger partial charge in [-0.25, -0.2) is 4.39 Å². The van der Waals surface area contributed by atoms with Crippen molar-refractivity contribution in [3.8, 4) is 0 Å². The van der Waals surface area contributed by atoms with Crippen molar-refractivity contribution in [3.63, 3.8) is 0 Å². The predicted octanol–water partition coefficient (Wildman–Crippen LogP) is 0.278. The second-order valence-corrected chi connectivity index (χ2v) is 9.52. The van der Waals surface area contributed by atoms with E-state index in [0.717, 1.165) is 25.3 Å². The van der Waals surface area contributed by atoms with Gasteiger partial charge in [-0.1, -0.05) is 18.6 Å². The molecule has 35 heavy (non-hydrogen) atoms. The van der Waals surface area contributed by atoms with Crippen LogP contribution >= 0.6 is 0 Å². The SMILES string of the molecule is NC(=O)[C@H](C[C@@H]1CCCNC1=O)NC(=O)[C@@H]1[C@H]2CCC[C@H]2CN1C(=O)C(=O)Nc1ccccc1F. The molecule has 4 rings (SSSR count). The molecule has 0 radical (unpaired) electrons. The first kappa shape index (κ1) is 24.6. The second kappa shape index (κ2) is 10.4. The van der Waals surface area contributed by atoms with Gasteiger partial charge in [0.1, 0.15) is 17.9 Å². The van der Waals surface area contributed by atoms with Crippen molar-refractivity contribution < 1.29 is 28.4 Å². The number of hydrogen-bond acceptors (Lipinski definition) is 5. The molecule has 0 bridgehead atoms. The molecule has 3 fully saturated rings. The van der Waals surface area contributed by atoms with Gasteiger partial charge < -0.3 is 26.6 Å². The molecule has 2 aliphatic heterocycles. The minimum atomic E-state index is -1.08. The first-order valence-electron chi connectivity index (χ1n) is 12.0. The lowest BCUT2D eigenvalue weighted by molar-refractivity contribution is -0.147. The van der Waals surface area contributed by atoms with Crippen LogP contribution < -0.4 is 21.7 Å². The third-order valence-electron chi connectivity index (χ3n) is 7.32. The molecule has 1 saturated carbocycles. The number of para-hydroxylation sites is 1. The van der Waals surface area contributed by atoms with Crippen molar-refractivity contribution >= 4 is 35.2 Å². The highest BCUT2D eigenvalue weighted by atomic mass is 19.1. The van der Waals surface area contributed by atoms with E-state index in [2.05, 4.69) is 16.0 Å². The third-order valence-corrected chi connectivity index (χ3v) is 7.32. The van der Waals surface area contributed by atoms with Crippen molar-refractivity contribution in [1.29, 1.82) is 0 Å². The lowest BCUT2D eigenvalue weighted by atomic mass is 9.90. The molecule has 1 aromatic rings. The van der Waals surface area contributed by atoms with Crippen molar-refractivity contribution in [1.82, 2.24) is 15.5 Å². The number of likely N-dealkylation sites (tertiary alicyclic amines) is 1. The largest absolute Gasteiger partial charge is 0.368 e. The van der Waals surface area contributed by atoms with Crippen LogP contribution in [-0.4, -0.2) is 59.6 Å². The molecule has 10 nitrogen and oxygen atoms in total. The summed E-state index contributed by atoms with van der Waals surface area (Å²) in [4.78, 5) is 64.5. The van der Waals surface area contributed by atoms with Gasteiger partial charge >= 0.3 is 11.8 Å². The molecule has 2 saturated heterocycles. The fourth-order valence-corrected chi connectivity index (χ4v) is 5.57. The molecular weight excluding hydrogens is 457 g/mol. The average molecular weight is 488 g/mol. The third kappa shape index (κ3) is 5.28. The highest BCUT2D eigenvalue weighted by molar-refractivity contribution is 6.40. The van der Waals surface area contributed by atoms with Gasteiger partial charge in [0.2, 0.25) is 17.7 Å². The fourth-order valence-electron chi connectivity index (χ4n) is 5.57. The Bertz CT molecular complexity index is 1030. The predicted molar refractivity (Wildman–Crippen MR) is 123 cm³/mol. The zero-order valence-electron chi connectivity index (χ0n) is 19.3. The van der Waals surface area contributed by atoms with Crippen LogP contribution in [0.5, 0.6) is 0 Å². The van der Waals surface area contributed by atoms with E-state index < -0.39 is 47.4 Å². The Balaban J connectivity index is 1.48. The maximum Gasteiger partial charge on any atom is 0.314 e. The summed E-state index contributed by atoms with van der Waals surface area (Å²) in [5.74, 6) is -4.76. The number of hydrogen-bond donors (Lipinski definition) is 4. The maximum atomic E-state index is 13.9. The lowest BCUT2D eigenvalue weighted by Gasteiger charge is -2.29. The molecule has 5 N–H and O–H groups in total. The zero-order valence-corrected chi connectivity index (χ0v) is 19.3. The first-order chi connectivity index (χ1) is 16.8. The maximum absolute atomic E-state index is 13.9. The number of nitrogens with zero attached hydrogens (tertiary/aromatic N) is 1. The molecule has 0 spiro atoms. The Morgan fingerprint density at radius 2 is 1.91 bits per heavy atom. The van der Waals surface area contributed by atoms with Crippen LogP contribution in [0.4, 0.5) is 10.1 Å². The number of amides is 5. The summed E-state index contributed by atoms with van der Waals surface area (Å²) in [6, 6.07) is 3.44. The number of carbonyl (C=O) groups is 5. The molecule has 2 heterocycles. The topological polar surface area (TPSA) is 151 Å². The Labute approximate surface area is 202 Å². The van der Waals surface area contributed by atoms with E-state index in [4.69, 9.17) is 5.73 Å². The molecule has 188 valence electrons. The van der Waals surface area contributed by atoms with Crippen molar-refractivity contribution in [2.24, 2.45) is 23.5 Å². The van der Waals surface area contributed by atoms with Crippen molar-refractivity contribution in [2.45, 2.75) is 50.6 Å². The van der Waals surface area contributed by atoms with Gasteiger partial charge in [-0.2, -0.15) is 0 Å². The second-order valence-electron chi connectivity index (χ2n) is 9.52. The molecule has 3 aliphatic rings. The Morgan fingerprint density at radius 1 is 1.14 bits per heavy atom. The molecule has 5 amide bonds. The van der Waals surface area contributed by atoms with Crippen LogP contribution in [0.25, 0.3) is 0 Å². The summed E-state index contributed by atoms with van der Waals surface area (Å²) < 4.78 is 13.9. The molecule has 0 unspecified atom stereocenters. The number of nitrogens with one attached hydrogen (secondary N) is 3. The Morgan fingerprint density at radius 3 is 2.63 bits per heavy atom. The molecule has 1 aromatic carbocycles. The number of halogens is 1. The molecule has 0 aromatic heterocycles. The number of piperidine rings is 1. The van der Waals surface area contributed by atoms with Crippen molar-refractivity contribution in [2.75, 3.05) is 18.4 Å². The van der Waals surface area contributed by atoms with Gasteiger partial charge in [0.05, 0.1) is 5.69 Å². The van der Waals surface area contributed by atoms with Crippen LogP contribution in [0.1, 0.15) is 38.5 Å². The Kier molecular flexibility index (Phi) is 7.32. The van der Waals surface area contributed by atoms with Crippen molar-refractivity contribution in [3.05, 3.63) is 30.1 Å². The minimum Gasteiger partial charge on any atom is -0.368 e. The summed E-state index contributed by atoms with van der Waals surface area (Å²) in [7, 11) is 0. The van der Waals surface area contributed by atoms with Gasteiger partial charge in [-0.3, -0.25) is 24.0 Å². The zero-order chi connectivity index (χ0) is 25.1. The monoisotopic (exact) mass is 487 g/mol. The summed E-state index contributed by atoms with van der Waals surface area (Å²) in [5, 5.41) is 7.66. The summed E-state index contributed by atoms with van der Waals surface area (Å²) >= 11 is 0. The van der Waals surface area contributed by atoms with Crippen LogP contribution in [0.2, 0.25) is 0 Å². The Hall–Kier alpha value is -3.50. The quantitative estimate of drug-likeness (QED) is 0.425. The van der Waals surface area contributed by atoms with E-state index in [1.54, 1.807) is 0 Å². The number of benzene rings is 1. The summed E-state index contributed by atoms with van der Waals surface area (Å²) in [5.41, 5.74) is 5.40. The van der Waals surface area contributed by atoms with Crippen LogP contribution in [0.3, 0.4) is 0 Å². The smallest absolute Gasteiger partial charge is 0.314 e. The highest BCUT2D eigenvalue weighted by Gasteiger charge is 2.51. The van der Waals surface area contributed by atoms with Gasteiger partial charge in [0.25, 0.3) is 0 Å². The number of carbonyl (C=O) groups excluding carboxylic acids is 5. The first-order valence-corrected chi connectivity index (χ1v) is 12.0. The average Bonchev–Trinajstić information content (AvgIpc) is 3.42. The van der Waals surface area contributed by atoms with Crippen LogP contribution in [0.15, 0.2) is 24.3 Å². The standard InChI is InChI=1S/C24H30FN5O5/c25-16-8-1-2-9-17(16)28-23(34)24(35)30-12-14-5-3-7-15(14)19(30)22(33)29-18(20(26)31)11-13-6-4-10-27-21(13)32/h1-2,8-9,13-15,18-19H,3-7,10-12H2,(H2,26,31)(H,27,32)(H,28,34)(H,29,33)/t13-,14-,15-,18-,19-/m0/s1. The number of fused-ring (bicyclic) bond motifs is 1. The minimum absolute atomic E-state index is 0.0483. The number of primary amides is 1. The van der Waals surface area contributed by atoms with Gasteiger partial charge in [-0.05, 0) is 56.1 Å². The van der Waals surface area contributed by atoms with E-state index in [0.29, 0.717) is 19.4 Å². The molecule has 11 heteroatoms. The van der Waals surface area contributed by atoms with Gasteiger partial charge in [0.15, 0.2) is 0 Å².